The minimum absolute atomic E-state index is 0.788. The number of hydrogen-bond donors (Lipinski definition) is 1. The van der Waals surface area contributed by atoms with Gasteiger partial charge in [-0.15, -0.1) is 0 Å². The average Bonchev–Trinajstić information content (AvgIpc) is 2.68. The number of anilines is 1. The molecule has 24 heavy (non-hydrogen) atoms. The average molecular weight is 324 g/mol. The largest absolute Gasteiger partial charge is 0.355 e. The molecule has 0 amide bonds. The minimum atomic E-state index is 0.788. The molecule has 1 aliphatic carbocycles. The highest BCUT2D eigenvalue weighted by Gasteiger charge is 2.29. The predicted octanol–water partition coefficient (Wildman–Crippen LogP) is 3.05. The summed E-state index contributed by atoms with van der Waals surface area (Å²) in [5.74, 6) is 2.73. The van der Waals surface area contributed by atoms with Crippen LogP contribution in [-0.2, 0) is 12.8 Å². The van der Waals surface area contributed by atoms with Crippen LogP contribution < -0.4 is 10.2 Å². The Morgan fingerprint density at radius 2 is 1.75 bits per heavy atom. The molecule has 0 bridgehead atoms. The molecule has 1 N–H and O–H groups in total. The summed E-state index contributed by atoms with van der Waals surface area (Å²) in [6.45, 7) is 4.51. The Morgan fingerprint density at radius 1 is 1.04 bits per heavy atom. The van der Waals surface area contributed by atoms with E-state index in [1.54, 1.807) is 0 Å². The molecule has 0 atom stereocenters. The molecule has 0 unspecified atom stereocenters. The van der Waals surface area contributed by atoms with Gasteiger partial charge in [0, 0.05) is 18.8 Å². The van der Waals surface area contributed by atoms with Gasteiger partial charge in [0.25, 0.3) is 0 Å². The van der Waals surface area contributed by atoms with Crippen molar-refractivity contribution >= 4 is 5.82 Å². The number of fused-ring (bicyclic) bond motifs is 1. The Kier molecular flexibility index (Phi) is 4.71. The second-order valence-corrected chi connectivity index (χ2v) is 7.70. The van der Waals surface area contributed by atoms with E-state index in [0.29, 0.717) is 0 Å². The lowest BCUT2D eigenvalue weighted by atomic mass is 9.79. The van der Waals surface area contributed by atoms with Gasteiger partial charge in [0.05, 0.1) is 5.56 Å². The lowest BCUT2D eigenvalue weighted by Gasteiger charge is -2.38. The summed E-state index contributed by atoms with van der Waals surface area (Å²) in [7, 11) is 0. The van der Waals surface area contributed by atoms with E-state index in [1.165, 1.54) is 62.9 Å². The number of nitrogens with one attached hydrogen (secondary N) is 1. The van der Waals surface area contributed by atoms with E-state index in [0.717, 1.165) is 49.1 Å². The molecule has 2 aliphatic heterocycles. The number of aryl methyl sites for hydroxylation is 2. The number of aromatic nitrogens is 1. The van der Waals surface area contributed by atoms with Gasteiger partial charge in [-0.3, -0.25) is 0 Å². The highest BCUT2D eigenvalue weighted by atomic mass is 15.2. The van der Waals surface area contributed by atoms with Crippen molar-refractivity contribution in [2.24, 2.45) is 11.8 Å². The molecule has 2 fully saturated rings. The minimum Gasteiger partial charge on any atom is -0.355 e. The van der Waals surface area contributed by atoms with Crippen molar-refractivity contribution in [2.75, 3.05) is 31.1 Å². The molecule has 0 saturated carbocycles. The number of pyridine rings is 1. The maximum Gasteiger partial charge on any atom is 0.146 e. The van der Waals surface area contributed by atoms with Crippen molar-refractivity contribution in [2.45, 2.75) is 51.4 Å². The number of rotatable bonds is 2. The maximum absolute atomic E-state index is 9.58. The van der Waals surface area contributed by atoms with Gasteiger partial charge in [-0.05, 0) is 87.9 Å². The van der Waals surface area contributed by atoms with Crippen molar-refractivity contribution in [1.29, 1.82) is 5.26 Å². The van der Waals surface area contributed by atoms with Crippen molar-refractivity contribution in [3.8, 4) is 6.07 Å². The van der Waals surface area contributed by atoms with Gasteiger partial charge in [-0.2, -0.15) is 5.26 Å². The molecule has 1 aromatic rings. The van der Waals surface area contributed by atoms with E-state index >= 15 is 0 Å². The summed E-state index contributed by atoms with van der Waals surface area (Å²) in [5.41, 5.74) is 3.35. The standard InChI is InChI=1S/C20H28N4/c21-14-18-13-17-3-1-2-4-19(17)23-20(18)24-11-7-16(8-12-24)15-5-9-22-10-6-15/h13,15-16,22H,1-12H2. The third-order valence-electron chi connectivity index (χ3n) is 6.29. The van der Waals surface area contributed by atoms with E-state index in [9.17, 15) is 5.26 Å². The third kappa shape index (κ3) is 3.15. The number of nitriles is 1. The van der Waals surface area contributed by atoms with Crippen LogP contribution in [0.25, 0.3) is 0 Å². The van der Waals surface area contributed by atoms with Gasteiger partial charge in [-0.25, -0.2) is 4.98 Å². The molecule has 128 valence electrons. The van der Waals surface area contributed by atoms with Crippen LogP contribution in [0.3, 0.4) is 0 Å². The van der Waals surface area contributed by atoms with Crippen LogP contribution in [-0.4, -0.2) is 31.2 Å². The Morgan fingerprint density at radius 3 is 2.50 bits per heavy atom. The van der Waals surface area contributed by atoms with Crippen LogP contribution in [0.2, 0.25) is 0 Å². The topological polar surface area (TPSA) is 52.0 Å². The van der Waals surface area contributed by atoms with Gasteiger partial charge >= 0.3 is 0 Å². The molecule has 2 saturated heterocycles. The van der Waals surface area contributed by atoms with Gasteiger partial charge in [0.1, 0.15) is 11.9 Å². The van der Waals surface area contributed by atoms with Gasteiger partial charge < -0.3 is 10.2 Å². The third-order valence-corrected chi connectivity index (χ3v) is 6.29. The molecule has 0 spiro atoms. The molecular formula is C20H28N4. The Bertz CT molecular complexity index is 619. The van der Waals surface area contributed by atoms with Crippen LogP contribution in [0.4, 0.5) is 5.82 Å². The number of nitrogens with zero attached hydrogens (tertiary/aromatic N) is 3. The molecule has 4 nitrogen and oxygen atoms in total. The molecule has 4 rings (SSSR count). The van der Waals surface area contributed by atoms with Crippen LogP contribution in [0.5, 0.6) is 0 Å². The summed E-state index contributed by atoms with van der Waals surface area (Å²) >= 11 is 0. The summed E-state index contributed by atoms with van der Waals surface area (Å²) in [4.78, 5) is 7.32. The van der Waals surface area contributed by atoms with Gasteiger partial charge in [-0.1, -0.05) is 0 Å². The quantitative estimate of drug-likeness (QED) is 0.908. The first-order valence-corrected chi connectivity index (χ1v) is 9.73. The zero-order chi connectivity index (χ0) is 16.4. The zero-order valence-corrected chi connectivity index (χ0v) is 14.6. The predicted molar refractivity (Wildman–Crippen MR) is 96.1 cm³/mol. The number of hydrogen-bond acceptors (Lipinski definition) is 4. The molecule has 3 aliphatic rings. The first kappa shape index (κ1) is 15.9. The normalized spacial score (nSPS) is 22.9. The van der Waals surface area contributed by atoms with Crippen molar-refractivity contribution in [3.05, 3.63) is 22.9 Å². The van der Waals surface area contributed by atoms with E-state index < -0.39 is 0 Å². The molecular weight excluding hydrogens is 296 g/mol. The molecule has 0 aromatic carbocycles. The first-order chi connectivity index (χ1) is 11.8. The summed E-state index contributed by atoms with van der Waals surface area (Å²) in [6.07, 6.45) is 9.84. The van der Waals surface area contributed by atoms with E-state index in [-0.39, 0.29) is 0 Å². The van der Waals surface area contributed by atoms with Crippen LogP contribution in [0, 0.1) is 23.2 Å². The second-order valence-electron chi connectivity index (χ2n) is 7.70. The Labute approximate surface area is 145 Å². The van der Waals surface area contributed by atoms with E-state index in [1.807, 2.05) is 0 Å². The summed E-state index contributed by atoms with van der Waals surface area (Å²) in [6, 6.07) is 4.53. The van der Waals surface area contributed by atoms with Crippen LogP contribution >= 0.6 is 0 Å². The fourth-order valence-electron chi connectivity index (χ4n) is 4.84. The highest BCUT2D eigenvalue weighted by molar-refractivity contribution is 5.56. The van der Waals surface area contributed by atoms with Crippen LogP contribution in [0.15, 0.2) is 6.07 Å². The van der Waals surface area contributed by atoms with Crippen molar-refractivity contribution < 1.29 is 0 Å². The lowest BCUT2D eigenvalue weighted by Crippen LogP contribution is -2.40. The van der Waals surface area contributed by atoms with Crippen molar-refractivity contribution in [1.82, 2.24) is 10.3 Å². The highest BCUT2D eigenvalue weighted by Crippen LogP contribution is 2.34. The fourth-order valence-corrected chi connectivity index (χ4v) is 4.84. The van der Waals surface area contributed by atoms with E-state index in [4.69, 9.17) is 4.98 Å². The second kappa shape index (κ2) is 7.11. The lowest BCUT2D eigenvalue weighted by molar-refractivity contribution is 0.221. The smallest absolute Gasteiger partial charge is 0.146 e. The summed E-state index contributed by atoms with van der Waals surface area (Å²) in [5, 5.41) is 13.1. The SMILES string of the molecule is N#Cc1cc2c(nc1N1CCC(C3CCNCC3)CC1)CCCC2. The number of piperidine rings is 2. The fraction of sp³-hybridized carbons (Fsp3) is 0.700. The Balaban J connectivity index is 1.48. The van der Waals surface area contributed by atoms with Gasteiger partial charge in [0.2, 0.25) is 0 Å². The monoisotopic (exact) mass is 324 g/mol. The van der Waals surface area contributed by atoms with Gasteiger partial charge in [0.15, 0.2) is 0 Å². The zero-order valence-electron chi connectivity index (χ0n) is 14.6. The summed E-state index contributed by atoms with van der Waals surface area (Å²) < 4.78 is 0. The molecule has 0 radical (unpaired) electrons. The molecule has 3 heterocycles. The molecule has 4 heteroatoms. The molecule has 1 aromatic heterocycles. The Hall–Kier alpha value is -1.60. The van der Waals surface area contributed by atoms with Crippen molar-refractivity contribution in [3.63, 3.8) is 0 Å². The first-order valence-electron chi connectivity index (χ1n) is 9.73. The van der Waals surface area contributed by atoms with E-state index in [2.05, 4.69) is 22.4 Å². The van der Waals surface area contributed by atoms with Crippen LogP contribution in [0.1, 0.15) is 55.3 Å². The maximum atomic E-state index is 9.58.